The molecule has 0 radical (unpaired) electrons. The predicted octanol–water partition coefficient (Wildman–Crippen LogP) is 3.60. The minimum atomic E-state index is -0.880. The van der Waals surface area contributed by atoms with Gasteiger partial charge in [-0.1, -0.05) is 30.3 Å². The van der Waals surface area contributed by atoms with Gasteiger partial charge in [0.15, 0.2) is 0 Å². The van der Waals surface area contributed by atoms with Crippen LogP contribution >= 0.6 is 0 Å². The molecule has 1 aromatic rings. The van der Waals surface area contributed by atoms with Crippen molar-refractivity contribution in [3.05, 3.63) is 35.9 Å². The first-order chi connectivity index (χ1) is 11.5. The van der Waals surface area contributed by atoms with Crippen LogP contribution < -0.4 is 0 Å². The van der Waals surface area contributed by atoms with Crippen molar-refractivity contribution in [2.45, 2.75) is 65.0 Å². The summed E-state index contributed by atoms with van der Waals surface area (Å²) in [7, 11) is 0. The maximum absolute atomic E-state index is 12.5. The standard InChI is InChI=1S/C20H31NO4/c1-19(2,3)25-18(22)21-12-16(20(4,5)23)11-17(13-21)24-14-15-9-7-6-8-10-15/h6-10,16-17,23H,11-14H2,1-5H3. The molecule has 1 heterocycles. The molecule has 1 amide bonds. The zero-order chi connectivity index (χ0) is 18.7. The topological polar surface area (TPSA) is 59.0 Å². The molecule has 0 spiro atoms. The average molecular weight is 349 g/mol. The quantitative estimate of drug-likeness (QED) is 0.902. The summed E-state index contributed by atoms with van der Waals surface area (Å²) < 4.78 is 11.5. The lowest BCUT2D eigenvalue weighted by Gasteiger charge is -2.42. The SMILES string of the molecule is CC(C)(C)OC(=O)N1CC(OCc2ccccc2)CC(C(C)(C)O)C1. The molecule has 1 aliphatic rings. The van der Waals surface area contributed by atoms with Crippen LogP contribution in [0.2, 0.25) is 0 Å². The first kappa shape index (κ1) is 19.7. The lowest BCUT2D eigenvalue weighted by atomic mass is 9.83. The van der Waals surface area contributed by atoms with Gasteiger partial charge in [0.25, 0.3) is 0 Å². The molecule has 2 atom stereocenters. The van der Waals surface area contributed by atoms with Gasteiger partial charge in [0.1, 0.15) is 5.60 Å². The molecule has 1 aromatic carbocycles. The summed E-state index contributed by atoms with van der Waals surface area (Å²) in [5.41, 5.74) is -0.328. The molecule has 140 valence electrons. The van der Waals surface area contributed by atoms with Crippen LogP contribution in [-0.4, -0.2) is 46.5 Å². The third-order valence-electron chi connectivity index (χ3n) is 4.39. The Morgan fingerprint density at radius 3 is 2.36 bits per heavy atom. The average Bonchev–Trinajstić information content (AvgIpc) is 2.51. The summed E-state index contributed by atoms with van der Waals surface area (Å²) in [5.74, 6) is -0.0606. The molecule has 1 N–H and O–H groups in total. The second kappa shape index (κ2) is 7.75. The number of hydrogen-bond acceptors (Lipinski definition) is 4. The first-order valence-corrected chi connectivity index (χ1v) is 8.90. The Morgan fingerprint density at radius 2 is 1.80 bits per heavy atom. The van der Waals surface area contributed by atoms with Crippen molar-refractivity contribution in [3.63, 3.8) is 0 Å². The molecule has 1 saturated heterocycles. The van der Waals surface area contributed by atoms with Crippen LogP contribution in [-0.2, 0) is 16.1 Å². The Hall–Kier alpha value is -1.59. The Morgan fingerprint density at radius 1 is 1.16 bits per heavy atom. The van der Waals surface area contributed by atoms with Crippen molar-refractivity contribution in [1.82, 2.24) is 4.90 Å². The number of carbonyl (C=O) groups is 1. The van der Waals surface area contributed by atoms with E-state index in [0.29, 0.717) is 19.7 Å². The molecule has 5 nitrogen and oxygen atoms in total. The van der Waals surface area contributed by atoms with Gasteiger partial charge in [-0.15, -0.1) is 0 Å². The van der Waals surface area contributed by atoms with E-state index in [0.717, 1.165) is 12.0 Å². The highest BCUT2D eigenvalue weighted by molar-refractivity contribution is 5.68. The van der Waals surface area contributed by atoms with E-state index in [2.05, 4.69) is 0 Å². The number of hydrogen-bond donors (Lipinski definition) is 1. The second-order valence-electron chi connectivity index (χ2n) is 8.39. The normalized spacial score (nSPS) is 21.9. The Kier molecular flexibility index (Phi) is 6.12. The van der Waals surface area contributed by atoms with Gasteiger partial charge in [0, 0.05) is 12.5 Å². The number of nitrogens with zero attached hydrogens (tertiary/aromatic N) is 1. The van der Waals surface area contributed by atoms with Crippen molar-refractivity contribution in [3.8, 4) is 0 Å². The number of likely N-dealkylation sites (tertiary alicyclic amines) is 1. The van der Waals surface area contributed by atoms with Crippen molar-refractivity contribution >= 4 is 6.09 Å². The van der Waals surface area contributed by atoms with Gasteiger partial charge in [-0.3, -0.25) is 0 Å². The third-order valence-corrected chi connectivity index (χ3v) is 4.39. The van der Waals surface area contributed by atoms with Crippen LogP contribution in [0, 0.1) is 5.92 Å². The number of amides is 1. The van der Waals surface area contributed by atoms with E-state index in [1.54, 1.807) is 18.7 Å². The van der Waals surface area contributed by atoms with Crippen molar-refractivity contribution < 1.29 is 19.4 Å². The van der Waals surface area contributed by atoms with Gasteiger partial charge in [-0.05, 0) is 46.6 Å². The smallest absolute Gasteiger partial charge is 0.410 e. The zero-order valence-corrected chi connectivity index (χ0v) is 16.0. The monoisotopic (exact) mass is 349 g/mol. The van der Waals surface area contributed by atoms with Crippen molar-refractivity contribution in [2.24, 2.45) is 5.92 Å². The van der Waals surface area contributed by atoms with Crippen LogP contribution in [0.25, 0.3) is 0 Å². The number of aliphatic hydroxyl groups is 1. The van der Waals surface area contributed by atoms with E-state index < -0.39 is 11.2 Å². The highest BCUT2D eigenvalue weighted by atomic mass is 16.6. The van der Waals surface area contributed by atoms with Gasteiger partial charge in [0.05, 0.1) is 24.9 Å². The lowest BCUT2D eigenvalue weighted by molar-refractivity contribution is -0.0827. The minimum absolute atomic E-state index is 0.0606. The second-order valence-corrected chi connectivity index (χ2v) is 8.39. The highest BCUT2D eigenvalue weighted by Gasteiger charge is 2.39. The van der Waals surface area contributed by atoms with Crippen molar-refractivity contribution in [1.29, 1.82) is 0 Å². The summed E-state index contributed by atoms with van der Waals surface area (Å²) in [6.07, 6.45) is 0.239. The van der Waals surface area contributed by atoms with Crippen LogP contribution in [0.1, 0.15) is 46.6 Å². The molecule has 1 aliphatic heterocycles. The minimum Gasteiger partial charge on any atom is -0.444 e. The van der Waals surface area contributed by atoms with Crippen LogP contribution in [0.4, 0.5) is 4.79 Å². The molecule has 5 heteroatoms. The fourth-order valence-electron chi connectivity index (χ4n) is 2.95. The van der Waals surface area contributed by atoms with E-state index in [4.69, 9.17) is 9.47 Å². The molecule has 0 aromatic heterocycles. The largest absolute Gasteiger partial charge is 0.444 e. The van der Waals surface area contributed by atoms with E-state index >= 15 is 0 Å². The maximum atomic E-state index is 12.5. The van der Waals surface area contributed by atoms with Crippen LogP contribution in [0.15, 0.2) is 30.3 Å². The Balaban J connectivity index is 2.04. The lowest BCUT2D eigenvalue weighted by Crippen LogP contribution is -2.53. The molecule has 25 heavy (non-hydrogen) atoms. The first-order valence-electron chi connectivity index (χ1n) is 8.90. The van der Waals surface area contributed by atoms with Crippen LogP contribution in [0.3, 0.4) is 0 Å². The molecule has 0 bridgehead atoms. The Labute approximate surface area is 150 Å². The summed E-state index contributed by atoms with van der Waals surface area (Å²) >= 11 is 0. The van der Waals surface area contributed by atoms with Gasteiger partial charge in [-0.2, -0.15) is 0 Å². The Bertz CT molecular complexity index is 559. The van der Waals surface area contributed by atoms with E-state index in [9.17, 15) is 9.90 Å². The third kappa shape index (κ3) is 6.33. The maximum Gasteiger partial charge on any atom is 0.410 e. The highest BCUT2D eigenvalue weighted by Crippen LogP contribution is 2.29. The number of ether oxygens (including phenoxy) is 2. The van der Waals surface area contributed by atoms with Gasteiger partial charge in [0.2, 0.25) is 0 Å². The molecule has 2 unspecified atom stereocenters. The number of benzene rings is 1. The van der Waals surface area contributed by atoms with Gasteiger partial charge in [-0.25, -0.2) is 4.79 Å². The predicted molar refractivity (Wildman–Crippen MR) is 97.2 cm³/mol. The summed E-state index contributed by atoms with van der Waals surface area (Å²) in [6.45, 7) is 10.6. The van der Waals surface area contributed by atoms with E-state index in [-0.39, 0.29) is 18.1 Å². The van der Waals surface area contributed by atoms with E-state index in [1.165, 1.54) is 0 Å². The van der Waals surface area contributed by atoms with Crippen molar-refractivity contribution in [2.75, 3.05) is 13.1 Å². The molecular formula is C20H31NO4. The summed E-state index contributed by atoms with van der Waals surface area (Å²) in [5, 5.41) is 10.4. The molecule has 1 fully saturated rings. The molecule has 0 aliphatic carbocycles. The fraction of sp³-hybridized carbons (Fsp3) is 0.650. The number of piperidine rings is 1. The summed E-state index contributed by atoms with van der Waals surface area (Å²) in [4.78, 5) is 14.1. The molecular weight excluding hydrogens is 318 g/mol. The summed E-state index contributed by atoms with van der Waals surface area (Å²) in [6, 6.07) is 9.96. The van der Waals surface area contributed by atoms with E-state index in [1.807, 2.05) is 51.1 Å². The molecule has 2 rings (SSSR count). The molecule has 0 saturated carbocycles. The van der Waals surface area contributed by atoms with Gasteiger partial charge >= 0.3 is 6.09 Å². The number of rotatable bonds is 4. The number of carbonyl (C=O) groups excluding carboxylic acids is 1. The van der Waals surface area contributed by atoms with Gasteiger partial charge < -0.3 is 19.5 Å². The zero-order valence-electron chi connectivity index (χ0n) is 16.0. The van der Waals surface area contributed by atoms with Crippen LogP contribution in [0.5, 0.6) is 0 Å². The fourth-order valence-corrected chi connectivity index (χ4v) is 2.95.